The highest BCUT2D eigenvalue weighted by Crippen LogP contribution is 1.90. The van der Waals surface area contributed by atoms with Crippen LogP contribution in [-0.2, 0) is 0 Å². The molecule has 0 bridgehead atoms. The van der Waals surface area contributed by atoms with Gasteiger partial charge in [-0.15, -0.1) is 11.6 Å². The van der Waals surface area contributed by atoms with E-state index in [2.05, 4.69) is 26.1 Å². The van der Waals surface area contributed by atoms with E-state index < -0.39 is 0 Å². The maximum absolute atomic E-state index is 5.57. The molecule has 0 aromatic rings. The molecule has 0 aromatic carbocycles. The van der Waals surface area contributed by atoms with Crippen LogP contribution >= 0.6 is 11.6 Å². The fraction of sp³-hybridized carbons (Fsp3) is 1.00. The van der Waals surface area contributed by atoms with Crippen LogP contribution < -0.4 is 5.32 Å². The van der Waals surface area contributed by atoms with Gasteiger partial charge in [0.25, 0.3) is 0 Å². The van der Waals surface area contributed by atoms with Gasteiger partial charge in [-0.05, 0) is 19.4 Å². The molecule has 0 spiro atoms. The summed E-state index contributed by atoms with van der Waals surface area (Å²) < 4.78 is 0. The Morgan fingerprint density at radius 2 is 1.89 bits per heavy atom. The summed E-state index contributed by atoms with van der Waals surface area (Å²) in [5.74, 6) is 1.42. The van der Waals surface area contributed by atoms with Crippen molar-refractivity contribution < 1.29 is 0 Å². The zero-order valence-electron chi connectivity index (χ0n) is 6.45. The van der Waals surface area contributed by atoms with Crippen molar-refractivity contribution in [2.75, 3.05) is 12.4 Å². The summed E-state index contributed by atoms with van der Waals surface area (Å²) in [6.45, 7) is 7.53. The molecule has 1 atom stereocenters. The third kappa shape index (κ3) is 6.13. The minimum absolute atomic E-state index is 0.453. The highest BCUT2D eigenvalue weighted by molar-refractivity contribution is 6.18. The first-order valence-electron chi connectivity index (χ1n) is 3.46. The van der Waals surface area contributed by atoms with Gasteiger partial charge in [-0.2, -0.15) is 0 Å². The van der Waals surface area contributed by atoms with Crippen LogP contribution in [0.4, 0.5) is 0 Å². The molecule has 1 N–H and O–H groups in total. The van der Waals surface area contributed by atoms with Gasteiger partial charge in [0, 0.05) is 11.9 Å². The number of nitrogens with one attached hydrogen (secondary N) is 1. The Labute approximate surface area is 62.8 Å². The Morgan fingerprint density at radius 1 is 1.33 bits per heavy atom. The standard InChI is InChI=1S/C7H16ClN/c1-6(2)5-9-7(3)4-8/h6-7,9H,4-5H2,1-3H3. The summed E-state index contributed by atoms with van der Waals surface area (Å²) >= 11 is 5.57. The fourth-order valence-electron chi connectivity index (χ4n) is 0.491. The van der Waals surface area contributed by atoms with Crippen LogP contribution in [0.1, 0.15) is 20.8 Å². The number of hydrogen-bond acceptors (Lipinski definition) is 1. The largest absolute Gasteiger partial charge is 0.313 e. The summed E-state index contributed by atoms with van der Waals surface area (Å²) in [6, 6.07) is 0.453. The Balaban J connectivity index is 3.06. The lowest BCUT2D eigenvalue weighted by Gasteiger charge is -2.11. The topological polar surface area (TPSA) is 12.0 Å². The number of rotatable bonds is 4. The van der Waals surface area contributed by atoms with Gasteiger partial charge in [0.15, 0.2) is 0 Å². The van der Waals surface area contributed by atoms with Crippen LogP contribution in [-0.4, -0.2) is 18.5 Å². The predicted octanol–water partition coefficient (Wildman–Crippen LogP) is 1.86. The van der Waals surface area contributed by atoms with E-state index in [0.29, 0.717) is 11.9 Å². The van der Waals surface area contributed by atoms with Gasteiger partial charge in [0.2, 0.25) is 0 Å². The second-order valence-electron chi connectivity index (χ2n) is 2.86. The molecular formula is C7H16ClN. The normalized spacial score (nSPS) is 14.3. The molecule has 0 aromatic heterocycles. The van der Waals surface area contributed by atoms with Crippen molar-refractivity contribution >= 4 is 11.6 Å². The molecule has 0 heterocycles. The van der Waals surface area contributed by atoms with Crippen LogP contribution in [0.25, 0.3) is 0 Å². The first kappa shape index (κ1) is 9.25. The Morgan fingerprint density at radius 3 is 2.22 bits per heavy atom. The smallest absolute Gasteiger partial charge is 0.0374 e. The molecule has 0 saturated carbocycles. The highest BCUT2D eigenvalue weighted by Gasteiger charge is 1.98. The lowest BCUT2D eigenvalue weighted by molar-refractivity contribution is 0.508. The van der Waals surface area contributed by atoms with E-state index >= 15 is 0 Å². The quantitative estimate of drug-likeness (QED) is 0.602. The SMILES string of the molecule is CC(C)CNC(C)CCl. The third-order valence-electron chi connectivity index (χ3n) is 1.11. The van der Waals surface area contributed by atoms with Crippen LogP contribution in [0, 0.1) is 5.92 Å². The molecule has 0 aliphatic rings. The molecule has 0 aliphatic carbocycles. The fourth-order valence-corrected chi connectivity index (χ4v) is 0.601. The third-order valence-corrected chi connectivity index (χ3v) is 1.57. The van der Waals surface area contributed by atoms with E-state index in [-0.39, 0.29) is 0 Å². The average molecular weight is 150 g/mol. The van der Waals surface area contributed by atoms with Crippen molar-refractivity contribution in [2.45, 2.75) is 26.8 Å². The first-order valence-corrected chi connectivity index (χ1v) is 3.99. The van der Waals surface area contributed by atoms with Gasteiger partial charge in [-0.1, -0.05) is 13.8 Å². The average Bonchev–Trinajstić information content (AvgIpc) is 1.83. The molecule has 0 amide bonds. The second-order valence-corrected chi connectivity index (χ2v) is 3.17. The minimum Gasteiger partial charge on any atom is -0.313 e. The molecule has 1 unspecified atom stereocenters. The Bertz CT molecular complexity index is 63.9. The van der Waals surface area contributed by atoms with Crippen LogP contribution in [0.3, 0.4) is 0 Å². The van der Waals surface area contributed by atoms with Crippen molar-refractivity contribution in [1.82, 2.24) is 5.32 Å². The predicted molar refractivity (Wildman–Crippen MR) is 43.0 cm³/mol. The van der Waals surface area contributed by atoms with Crippen LogP contribution in [0.2, 0.25) is 0 Å². The molecule has 56 valence electrons. The van der Waals surface area contributed by atoms with Gasteiger partial charge in [0.05, 0.1) is 0 Å². The maximum Gasteiger partial charge on any atom is 0.0374 e. The van der Waals surface area contributed by atoms with Gasteiger partial charge in [-0.25, -0.2) is 0 Å². The highest BCUT2D eigenvalue weighted by atomic mass is 35.5. The molecule has 1 nitrogen and oxygen atoms in total. The van der Waals surface area contributed by atoms with Crippen LogP contribution in [0.5, 0.6) is 0 Å². The number of hydrogen-bond donors (Lipinski definition) is 1. The summed E-state index contributed by atoms with van der Waals surface area (Å²) in [6.07, 6.45) is 0. The van der Waals surface area contributed by atoms with Crippen molar-refractivity contribution in [3.8, 4) is 0 Å². The van der Waals surface area contributed by atoms with E-state index in [0.717, 1.165) is 12.5 Å². The first-order chi connectivity index (χ1) is 4.16. The minimum atomic E-state index is 0.453. The van der Waals surface area contributed by atoms with Gasteiger partial charge in [-0.3, -0.25) is 0 Å². The lowest BCUT2D eigenvalue weighted by atomic mass is 10.2. The molecule has 0 fully saturated rings. The summed E-state index contributed by atoms with van der Waals surface area (Å²) in [5.41, 5.74) is 0. The van der Waals surface area contributed by atoms with Gasteiger partial charge >= 0.3 is 0 Å². The molecule has 0 saturated heterocycles. The van der Waals surface area contributed by atoms with Crippen molar-refractivity contribution in [2.24, 2.45) is 5.92 Å². The second kappa shape index (κ2) is 5.07. The van der Waals surface area contributed by atoms with Crippen molar-refractivity contribution in [3.05, 3.63) is 0 Å². The maximum atomic E-state index is 5.57. The summed E-state index contributed by atoms with van der Waals surface area (Å²) in [5, 5.41) is 3.30. The van der Waals surface area contributed by atoms with Gasteiger partial charge in [0.1, 0.15) is 0 Å². The lowest BCUT2D eigenvalue weighted by Crippen LogP contribution is -2.30. The van der Waals surface area contributed by atoms with Crippen molar-refractivity contribution in [1.29, 1.82) is 0 Å². The van der Waals surface area contributed by atoms with E-state index in [1.165, 1.54) is 0 Å². The van der Waals surface area contributed by atoms with Crippen molar-refractivity contribution in [3.63, 3.8) is 0 Å². The Hall–Kier alpha value is 0.250. The monoisotopic (exact) mass is 149 g/mol. The molecule has 0 aliphatic heterocycles. The van der Waals surface area contributed by atoms with Crippen LogP contribution in [0.15, 0.2) is 0 Å². The molecule has 0 rings (SSSR count). The van der Waals surface area contributed by atoms with E-state index in [4.69, 9.17) is 11.6 Å². The molecule has 2 heteroatoms. The zero-order valence-corrected chi connectivity index (χ0v) is 7.20. The molecular weight excluding hydrogens is 134 g/mol. The van der Waals surface area contributed by atoms with E-state index in [1.54, 1.807) is 0 Å². The number of alkyl halides is 1. The summed E-state index contributed by atoms with van der Waals surface area (Å²) in [4.78, 5) is 0. The van der Waals surface area contributed by atoms with E-state index in [1.807, 2.05) is 0 Å². The molecule has 0 radical (unpaired) electrons. The summed E-state index contributed by atoms with van der Waals surface area (Å²) in [7, 11) is 0. The molecule has 9 heavy (non-hydrogen) atoms. The Kier molecular flexibility index (Phi) is 5.21. The van der Waals surface area contributed by atoms with Gasteiger partial charge < -0.3 is 5.32 Å². The zero-order chi connectivity index (χ0) is 7.28. The number of halogens is 1. The van der Waals surface area contributed by atoms with E-state index in [9.17, 15) is 0 Å².